The van der Waals surface area contributed by atoms with Gasteiger partial charge in [0.1, 0.15) is 6.04 Å². The van der Waals surface area contributed by atoms with Gasteiger partial charge in [0, 0.05) is 18.0 Å². The van der Waals surface area contributed by atoms with Crippen LogP contribution in [0.1, 0.15) is 72.3 Å². The van der Waals surface area contributed by atoms with Crippen LogP contribution in [0.5, 0.6) is 0 Å². The Labute approximate surface area is 173 Å². The molecule has 2 aromatic rings. The third-order valence-corrected chi connectivity index (χ3v) is 6.08. The lowest BCUT2D eigenvalue weighted by Gasteiger charge is -2.22. The standard InChI is InChI=1S/C25H30N2O2/c28-24(21-13-11-20(12-14-21)19-9-5-2-6-10-19)27-23(25(29)26-22-15-16-22)17-18-7-3-1-4-8-18/h1,3-4,7-8,11-14,19,22-23H,2,5-6,9-10,15-17H2,(H,26,29)(H,27,28). The molecule has 0 aliphatic heterocycles. The highest BCUT2D eigenvalue weighted by molar-refractivity contribution is 5.97. The zero-order chi connectivity index (χ0) is 20.1. The molecule has 0 bridgehead atoms. The van der Waals surface area contributed by atoms with Gasteiger partial charge in [-0.1, -0.05) is 61.7 Å². The molecule has 2 aromatic carbocycles. The van der Waals surface area contributed by atoms with Crippen LogP contribution in [0.25, 0.3) is 0 Å². The molecule has 2 aliphatic carbocycles. The van der Waals surface area contributed by atoms with Crippen molar-refractivity contribution in [1.29, 1.82) is 0 Å². The maximum absolute atomic E-state index is 12.8. The maximum Gasteiger partial charge on any atom is 0.251 e. The van der Waals surface area contributed by atoms with Crippen molar-refractivity contribution in [3.05, 3.63) is 71.3 Å². The van der Waals surface area contributed by atoms with Crippen molar-refractivity contribution in [2.45, 2.75) is 69.4 Å². The van der Waals surface area contributed by atoms with E-state index >= 15 is 0 Å². The number of carbonyl (C=O) groups excluding carboxylic acids is 2. The first-order chi connectivity index (χ1) is 14.2. The van der Waals surface area contributed by atoms with Crippen LogP contribution in [0.2, 0.25) is 0 Å². The van der Waals surface area contributed by atoms with Crippen molar-refractivity contribution in [2.75, 3.05) is 0 Å². The molecule has 4 heteroatoms. The predicted molar refractivity (Wildman–Crippen MR) is 115 cm³/mol. The van der Waals surface area contributed by atoms with Crippen LogP contribution in [-0.2, 0) is 11.2 Å². The molecule has 0 aromatic heterocycles. The zero-order valence-electron chi connectivity index (χ0n) is 16.9. The molecule has 0 saturated heterocycles. The number of rotatable bonds is 7. The van der Waals surface area contributed by atoms with Crippen molar-refractivity contribution in [1.82, 2.24) is 10.6 Å². The molecular formula is C25H30N2O2. The molecule has 2 amide bonds. The molecule has 4 rings (SSSR count). The Balaban J connectivity index is 1.42. The summed E-state index contributed by atoms with van der Waals surface area (Å²) in [4.78, 5) is 25.5. The highest BCUT2D eigenvalue weighted by Crippen LogP contribution is 2.32. The number of hydrogen-bond donors (Lipinski definition) is 2. The van der Waals surface area contributed by atoms with E-state index in [9.17, 15) is 9.59 Å². The Hall–Kier alpha value is -2.62. The Kier molecular flexibility index (Phi) is 6.28. The van der Waals surface area contributed by atoms with Crippen LogP contribution in [0.15, 0.2) is 54.6 Å². The lowest BCUT2D eigenvalue weighted by molar-refractivity contribution is -0.123. The lowest BCUT2D eigenvalue weighted by atomic mass is 9.84. The first-order valence-electron chi connectivity index (χ1n) is 10.9. The number of nitrogens with one attached hydrogen (secondary N) is 2. The number of carbonyl (C=O) groups is 2. The minimum atomic E-state index is -0.566. The second-order valence-corrected chi connectivity index (χ2v) is 8.46. The summed E-state index contributed by atoms with van der Waals surface area (Å²) >= 11 is 0. The molecule has 0 radical (unpaired) electrons. The monoisotopic (exact) mass is 390 g/mol. The van der Waals surface area contributed by atoms with Gasteiger partial charge in [-0.2, -0.15) is 0 Å². The van der Waals surface area contributed by atoms with E-state index in [2.05, 4.69) is 22.8 Å². The average molecular weight is 391 g/mol. The summed E-state index contributed by atoms with van der Waals surface area (Å²) in [6.45, 7) is 0. The van der Waals surface area contributed by atoms with Gasteiger partial charge in [0.05, 0.1) is 0 Å². The van der Waals surface area contributed by atoms with Crippen LogP contribution in [0.4, 0.5) is 0 Å². The van der Waals surface area contributed by atoms with Gasteiger partial charge in [0.25, 0.3) is 5.91 Å². The van der Waals surface area contributed by atoms with Crippen LogP contribution in [0.3, 0.4) is 0 Å². The normalized spacial score (nSPS) is 18.1. The summed E-state index contributed by atoms with van der Waals surface area (Å²) in [5, 5.41) is 5.99. The SMILES string of the molecule is O=C(NC(Cc1ccccc1)C(=O)NC1CC1)c1ccc(C2CCCCC2)cc1. The Bertz CT molecular complexity index is 822. The van der Waals surface area contributed by atoms with E-state index in [1.165, 1.54) is 37.7 Å². The summed E-state index contributed by atoms with van der Waals surface area (Å²) in [6.07, 6.45) is 8.96. The van der Waals surface area contributed by atoms with E-state index in [0.717, 1.165) is 18.4 Å². The zero-order valence-corrected chi connectivity index (χ0v) is 16.9. The largest absolute Gasteiger partial charge is 0.352 e. The van der Waals surface area contributed by atoms with E-state index in [1.807, 2.05) is 42.5 Å². The molecule has 2 N–H and O–H groups in total. The van der Waals surface area contributed by atoms with Gasteiger partial charge < -0.3 is 10.6 Å². The fourth-order valence-corrected chi connectivity index (χ4v) is 4.17. The summed E-state index contributed by atoms with van der Waals surface area (Å²) in [5.41, 5.74) is 2.98. The molecule has 2 saturated carbocycles. The average Bonchev–Trinajstić information content (AvgIpc) is 3.58. The van der Waals surface area contributed by atoms with Crippen LogP contribution >= 0.6 is 0 Å². The number of hydrogen-bond acceptors (Lipinski definition) is 2. The predicted octanol–water partition coefficient (Wildman–Crippen LogP) is 4.35. The fourth-order valence-electron chi connectivity index (χ4n) is 4.17. The Morgan fingerprint density at radius 3 is 2.21 bits per heavy atom. The van der Waals surface area contributed by atoms with Crippen molar-refractivity contribution in [3.63, 3.8) is 0 Å². The molecule has 1 atom stereocenters. The highest BCUT2D eigenvalue weighted by Gasteiger charge is 2.28. The third kappa shape index (κ3) is 5.47. The van der Waals surface area contributed by atoms with Crippen LogP contribution in [0, 0.1) is 0 Å². The van der Waals surface area contributed by atoms with E-state index in [0.29, 0.717) is 17.9 Å². The molecule has 0 heterocycles. The minimum Gasteiger partial charge on any atom is -0.352 e. The fraction of sp³-hybridized carbons (Fsp3) is 0.440. The van der Waals surface area contributed by atoms with Crippen LogP contribution < -0.4 is 10.6 Å². The molecule has 1 unspecified atom stereocenters. The third-order valence-electron chi connectivity index (χ3n) is 6.08. The van der Waals surface area contributed by atoms with Gasteiger partial charge >= 0.3 is 0 Å². The Morgan fingerprint density at radius 1 is 0.862 bits per heavy atom. The Morgan fingerprint density at radius 2 is 1.55 bits per heavy atom. The summed E-state index contributed by atoms with van der Waals surface area (Å²) in [7, 11) is 0. The van der Waals surface area contributed by atoms with Gasteiger partial charge in [-0.25, -0.2) is 0 Å². The maximum atomic E-state index is 12.8. The first kappa shape index (κ1) is 19.7. The van der Waals surface area contributed by atoms with E-state index in [-0.39, 0.29) is 17.9 Å². The van der Waals surface area contributed by atoms with Crippen LogP contribution in [-0.4, -0.2) is 23.9 Å². The van der Waals surface area contributed by atoms with Crippen molar-refractivity contribution >= 4 is 11.8 Å². The second-order valence-electron chi connectivity index (χ2n) is 8.46. The molecule has 2 aliphatic rings. The summed E-state index contributed by atoms with van der Waals surface area (Å²) in [5.74, 6) is 0.339. The smallest absolute Gasteiger partial charge is 0.251 e. The van der Waals surface area contributed by atoms with Gasteiger partial charge in [0.2, 0.25) is 5.91 Å². The quantitative estimate of drug-likeness (QED) is 0.738. The van der Waals surface area contributed by atoms with Gasteiger partial charge in [-0.15, -0.1) is 0 Å². The summed E-state index contributed by atoms with van der Waals surface area (Å²) < 4.78 is 0. The highest BCUT2D eigenvalue weighted by atomic mass is 16.2. The number of benzene rings is 2. The molecule has 4 nitrogen and oxygen atoms in total. The van der Waals surface area contributed by atoms with Gasteiger partial charge in [-0.05, 0) is 54.9 Å². The van der Waals surface area contributed by atoms with E-state index in [1.54, 1.807) is 0 Å². The molecular weight excluding hydrogens is 360 g/mol. The summed E-state index contributed by atoms with van der Waals surface area (Å²) in [6, 6.07) is 17.5. The molecule has 0 spiro atoms. The van der Waals surface area contributed by atoms with Gasteiger partial charge in [0.15, 0.2) is 0 Å². The minimum absolute atomic E-state index is 0.0940. The number of amides is 2. The molecule has 2 fully saturated rings. The van der Waals surface area contributed by atoms with Crippen molar-refractivity contribution in [2.24, 2.45) is 0 Å². The molecule has 29 heavy (non-hydrogen) atoms. The van der Waals surface area contributed by atoms with E-state index < -0.39 is 6.04 Å². The topological polar surface area (TPSA) is 58.2 Å². The first-order valence-corrected chi connectivity index (χ1v) is 10.9. The van der Waals surface area contributed by atoms with Crippen molar-refractivity contribution < 1.29 is 9.59 Å². The molecule has 152 valence electrons. The van der Waals surface area contributed by atoms with E-state index in [4.69, 9.17) is 0 Å². The second kappa shape index (κ2) is 9.25. The lowest BCUT2D eigenvalue weighted by Crippen LogP contribution is -2.48. The van der Waals surface area contributed by atoms with Crippen molar-refractivity contribution in [3.8, 4) is 0 Å². The van der Waals surface area contributed by atoms with Gasteiger partial charge in [-0.3, -0.25) is 9.59 Å².